The largest absolute Gasteiger partial charge is 0.497 e. The van der Waals surface area contributed by atoms with Crippen LogP contribution >= 0.6 is 0 Å². The van der Waals surface area contributed by atoms with Crippen molar-refractivity contribution < 1.29 is 23.8 Å². The maximum absolute atomic E-state index is 12.5. The molecular formula is C24H28N2O5. The molecule has 2 amide bonds. The lowest BCUT2D eigenvalue weighted by Crippen LogP contribution is -2.45. The van der Waals surface area contributed by atoms with Crippen molar-refractivity contribution in [3.05, 3.63) is 54.1 Å². The molecular weight excluding hydrogens is 396 g/mol. The summed E-state index contributed by atoms with van der Waals surface area (Å²) in [6, 6.07) is 15.3. The molecule has 2 aliphatic heterocycles. The van der Waals surface area contributed by atoms with E-state index in [4.69, 9.17) is 14.2 Å². The molecule has 4 rings (SSSR count). The first kappa shape index (κ1) is 21.0. The number of methoxy groups -OCH3 is 1. The molecule has 2 N–H and O–H groups in total. The fourth-order valence-corrected chi connectivity index (χ4v) is 4.19. The van der Waals surface area contributed by atoms with Gasteiger partial charge in [-0.2, -0.15) is 0 Å². The van der Waals surface area contributed by atoms with Crippen molar-refractivity contribution in [3.63, 3.8) is 0 Å². The quantitative estimate of drug-likeness (QED) is 0.680. The van der Waals surface area contributed by atoms with E-state index in [0.717, 1.165) is 17.1 Å². The van der Waals surface area contributed by atoms with Gasteiger partial charge in [0, 0.05) is 18.4 Å². The maximum Gasteiger partial charge on any atom is 0.220 e. The normalized spacial score (nSPS) is 22.0. The van der Waals surface area contributed by atoms with Crippen LogP contribution in [0.3, 0.4) is 0 Å². The molecule has 1 saturated heterocycles. The Morgan fingerprint density at radius 3 is 2.84 bits per heavy atom. The Morgan fingerprint density at radius 2 is 2.06 bits per heavy atom. The number of rotatable bonds is 8. The number of fused-ring (bicyclic) bond motifs is 1. The summed E-state index contributed by atoms with van der Waals surface area (Å²) in [6.45, 7) is 0.773. The van der Waals surface area contributed by atoms with Gasteiger partial charge in [0.15, 0.2) is 11.5 Å². The van der Waals surface area contributed by atoms with Gasteiger partial charge in [0.1, 0.15) is 18.5 Å². The third-order valence-electron chi connectivity index (χ3n) is 5.84. The number of amides is 2. The minimum Gasteiger partial charge on any atom is -0.497 e. The molecule has 2 heterocycles. The summed E-state index contributed by atoms with van der Waals surface area (Å²) in [5.74, 6) is 2.18. The zero-order valence-electron chi connectivity index (χ0n) is 17.7. The summed E-state index contributed by atoms with van der Waals surface area (Å²) >= 11 is 0. The van der Waals surface area contributed by atoms with Crippen LogP contribution < -0.4 is 24.8 Å². The minimum absolute atomic E-state index is 0.0368. The molecule has 0 spiro atoms. The lowest BCUT2D eigenvalue weighted by molar-refractivity contribution is -0.123. The second-order valence-corrected chi connectivity index (χ2v) is 8.16. The minimum atomic E-state index is -0.413. The van der Waals surface area contributed by atoms with E-state index in [-0.39, 0.29) is 17.9 Å². The summed E-state index contributed by atoms with van der Waals surface area (Å²) < 4.78 is 16.9. The highest BCUT2D eigenvalue weighted by Crippen LogP contribution is 2.32. The molecule has 0 aliphatic carbocycles. The van der Waals surface area contributed by atoms with Gasteiger partial charge in [-0.05, 0) is 49.1 Å². The van der Waals surface area contributed by atoms with Crippen LogP contribution in [-0.2, 0) is 16.0 Å². The lowest BCUT2D eigenvalue weighted by Gasteiger charge is -2.30. The molecule has 0 aromatic heterocycles. The average molecular weight is 424 g/mol. The summed E-state index contributed by atoms with van der Waals surface area (Å²) in [7, 11) is 1.64. The summed E-state index contributed by atoms with van der Waals surface area (Å²) in [6.07, 6.45) is 2.54. The predicted molar refractivity (Wildman–Crippen MR) is 115 cm³/mol. The smallest absolute Gasteiger partial charge is 0.220 e. The molecule has 7 heteroatoms. The van der Waals surface area contributed by atoms with Crippen molar-refractivity contribution in [2.45, 2.75) is 43.7 Å². The number of carbonyl (C=O) groups is 2. The zero-order valence-corrected chi connectivity index (χ0v) is 17.7. The van der Waals surface area contributed by atoms with E-state index in [0.29, 0.717) is 51.0 Å². The van der Waals surface area contributed by atoms with Crippen molar-refractivity contribution >= 4 is 11.8 Å². The molecule has 0 bridgehead atoms. The van der Waals surface area contributed by atoms with E-state index in [2.05, 4.69) is 10.6 Å². The van der Waals surface area contributed by atoms with Gasteiger partial charge in [-0.3, -0.25) is 9.59 Å². The highest BCUT2D eigenvalue weighted by molar-refractivity contribution is 5.80. The first-order valence-electron chi connectivity index (χ1n) is 10.6. The van der Waals surface area contributed by atoms with E-state index in [1.807, 2.05) is 48.5 Å². The summed E-state index contributed by atoms with van der Waals surface area (Å²) in [5.41, 5.74) is 0.665. The molecule has 7 nitrogen and oxygen atoms in total. The number of hydrogen-bond acceptors (Lipinski definition) is 5. The number of nitrogens with one attached hydrogen (secondary N) is 2. The molecule has 0 radical (unpaired) electrons. The molecule has 31 heavy (non-hydrogen) atoms. The van der Waals surface area contributed by atoms with E-state index < -0.39 is 5.54 Å². The number of carbonyl (C=O) groups excluding carboxylic acids is 2. The molecule has 2 aliphatic rings. The monoisotopic (exact) mass is 424 g/mol. The average Bonchev–Trinajstić information content (AvgIpc) is 3.16. The summed E-state index contributed by atoms with van der Waals surface area (Å²) in [5, 5.41) is 6.06. The van der Waals surface area contributed by atoms with Gasteiger partial charge >= 0.3 is 0 Å². The fraction of sp³-hybridized carbons (Fsp3) is 0.417. The van der Waals surface area contributed by atoms with Crippen LogP contribution in [0.1, 0.15) is 31.2 Å². The zero-order chi connectivity index (χ0) is 21.7. The second-order valence-electron chi connectivity index (χ2n) is 8.16. The molecule has 0 saturated carbocycles. The van der Waals surface area contributed by atoms with E-state index in [1.165, 1.54) is 0 Å². The SMILES string of the molecule is COc1cccc(C[C@@]2(CCC(=O)NC[C@H]3COc4ccccc4O3)CCC(=O)N2)c1. The number of ether oxygens (including phenoxy) is 3. The van der Waals surface area contributed by atoms with Crippen molar-refractivity contribution in [1.29, 1.82) is 0 Å². The van der Waals surface area contributed by atoms with Gasteiger partial charge in [0.05, 0.1) is 13.7 Å². The van der Waals surface area contributed by atoms with Crippen LogP contribution in [0, 0.1) is 0 Å². The molecule has 0 unspecified atom stereocenters. The van der Waals surface area contributed by atoms with Gasteiger partial charge < -0.3 is 24.8 Å². The Labute approximate surface area is 182 Å². The van der Waals surface area contributed by atoms with Gasteiger partial charge in [0.2, 0.25) is 11.8 Å². The van der Waals surface area contributed by atoms with Crippen molar-refractivity contribution in [1.82, 2.24) is 10.6 Å². The molecule has 2 atom stereocenters. The Morgan fingerprint density at radius 1 is 1.23 bits per heavy atom. The topological polar surface area (TPSA) is 85.9 Å². The first-order chi connectivity index (χ1) is 15.0. The van der Waals surface area contributed by atoms with Gasteiger partial charge in [-0.1, -0.05) is 24.3 Å². The fourth-order valence-electron chi connectivity index (χ4n) is 4.19. The van der Waals surface area contributed by atoms with Gasteiger partial charge in [-0.25, -0.2) is 0 Å². The Hall–Kier alpha value is -3.22. The summed E-state index contributed by atoms with van der Waals surface area (Å²) in [4.78, 5) is 24.5. The first-order valence-corrected chi connectivity index (χ1v) is 10.6. The van der Waals surface area contributed by atoms with Gasteiger partial charge in [0.25, 0.3) is 0 Å². The molecule has 2 aromatic carbocycles. The lowest BCUT2D eigenvalue weighted by atomic mass is 9.85. The number of hydrogen-bond donors (Lipinski definition) is 2. The number of para-hydroxylation sites is 2. The Kier molecular flexibility index (Phi) is 6.30. The van der Waals surface area contributed by atoms with E-state index in [9.17, 15) is 9.59 Å². The van der Waals surface area contributed by atoms with Crippen molar-refractivity contribution in [3.8, 4) is 17.2 Å². The van der Waals surface area contributed by atoms with E-state index >= 15 is 0 Å². The van der Waals surface area contributed by atoms with E-state index in [1.54, 1.807) is 7.11 Å². The Balaban J connectivity index is 1.30. The Bertz CT molecular complexity index is 947. The molecule has 164 valence electrons. The van der Waals surface area contributed by atoms with Crippen LogP contribution in [-0.4, -0.2) is 43.7 Å². The maximum atomic E-state index is 12.5. The predicted octanol–water partition coefficient (Wildman–Crippen LogP) is 2.62. The molecule has 2 aromatic rings. The van der Waals surface area contributed by atoms with Crippen molar-refractivity contribution in [2.75, 3.05) is 20.3 Å². The third-order valence-corrected chi connectivity index (χ3v) is 5.84. The van der Waals surface area contributed by atoms with Crippen LogP contribution in [0.4, 0.5) is 0 Å². The molecule has 1 fully saturated rings. The standard InChI is InChI=1S/C24H28N2O5/c1-29-18-6-4-5-17(13-18)14-24(12-10-23(28)26-24)11-9-22(27)25-15-19-16-30-20-7-2-3-8-21(20)31-19/h2-8,13,19H,9-12,14-16H2,1H3,(H,25,27)(H,26,28)/t19-,24+/m0/s1. The van der Waals surface area contributed by atoms with Gasteiger partial charge in [-0.15, -0.1) is 0 Å². The van der Waals surface area contributed by atoms with Crippen LogP contribution in [0.15, 0.2) is 48.5 Å². The number of benzene rings is 2. The second kappa shape index (κ2) is 9.29. The van der Waals surface area contributed by atoms with Crippen LogP contribution in [0.5, 0.6) is 17.2 Å². The van der Waals surface area contributed by atoms with Crippen LogP contribution in [0.25, 0.3) is 0 Å². The third kappa shape index (κ3) is 5.29. The van der Waals surface area contributed by atoms with Crippen LogP contribution in [0.2, 0.25) is 0 Å². The van der Waals surface area contributed by atoms with Crippen molar-refractivity contribution in [2.24, 2.45) is 0 Å². The highest BCUT2D eigenvalue weighted by Gasteiger charge is 2.38. The highest BCUT2D eigenvalue weighted by atomic mass is 16.6.